The van der Waals surface area contributed by atoms with Crippen molar-refractivity contribution in [1.82, 2.24) is 9.88 Å². The highest BCUT2D eigenvalue weighted by atomic mass is 32.1. The van der Waals surface area contributed by atoms with Crippen molar-refractivity contribution >= 4 is 38.5 Å². The summed E-state index contributed by atoms with van der Waals surface area (Å²) in [4.78, 5) is 17.8. The molecule has 1 saturated heterocycles. The minimum absolute atomic E-state index is 0.218. The molecule has 0 amide bonds. The summed E-state index contributed by atoms with van der Waals surface area (Å²) in [5.74, 6) is 0.670. The van der Waals surface area contributed by atoms with Gasteiger partial charge >= 0.3 is 5.97 Å². The molecule has 0 bridgehead atoms. The minimum atomic E-state index is -0.686. The quantitative estimate of drug-likeness (QED) is 0.493. The Kier molecular flexibility index (Phi) is 4.69. The number of carboxylic acid groups (broad SMARTS) is 1. The van der Waals surface area contributed by atoms with Crippen LogP contribution in [0.5, 0.6) is 10.9 Å². The fraction of sp³-hybridized carbons (Fsp3) is 0.273. The third kappa shape index (κ3) is 3.83. The number of aliphatic carboxylic acids is 1. The standard InChI is InChI=1S/C22H20N2O4S/c25-21(26)14-7-9-24(10-8-14)13-17-11-15-5-6-16(12-19(15)27-17)28-22-23-18-3-1-2-4-20(18)29-22/h1-6,11-12,14H,7-10,13H2,(H,25,26). The highest BCUT2D eigenvalue weighted by Gasteiger charge is 2.25. The molecule has 1 aliphatic heterocycles. The van der Waals surface area contributed by atoms with Crippen LogP contribution in [0.1, 0.15) is 18.6 Å². The Hall–Kier alpha value is -2.90. The van der Waals surface area contributed by atoms with Crippen molar-refractivity contribution in [3.63, 3.8) is 0 Å². The molecule has 0 aliphatic carbocycles. The van der Waals surface area contributed by atoms with Crippen molar-refractivity contribution in [1.29, 1.82) is 0 Å². The molecule has 1 fully saturated rings. The number of benzene rings is 2. The van der Waals surface area contributed by atoms with Crippen LogP contribution in [-0.2, 0) is 11.3 Å². The third-order valence-corrected chi connectivity index (χ3v) is 6.25. The van der Waals surface area contributed by atoms with Crippen molar-refractivity contribution in [2.24, 2.45) is 5.92 Å². The smallest absolute Gasteiger partial charge is 0.306 e. The van der Waals surface area contributed by atoms with Gasteiger partial charge in [-0.25, -0.2) is 4.98 Å². The lowest BCUT2D eigenvalue weighted by Gasteiger charge is -2.29. The normalized spacial score (nSPS) is 15.9. The summed E-state index contributed by atoms with van der Waals surface area (Å²) in [6.07, 6.45) is 1.38. The summed E-state index contributed by atoms with van der Waals surface area (Å²) in [6.45, 7) is 2.25. The Balaban J connectivity index is 1.29. The topological polar surface area (TPSA) is 75.8 Å². The zero-order valence-corrected chi connectivity index (χ0v) is 16.5. The number of likely N-dealkylation sites (tertiary alicyclic amines) is 1. The van der Waals surface area contributed by atoms with Crippen LogP contribution < -0.4 is 4.74 Å². The molecular weight excluding hydrogens is 388 g/mol. The fourth-order valence-corrected chi connectivity index (χ4v) is 4.60. The van der Waals surface area contributed by atoms with Crippen LogP contribution >= 0.6 is 11.3 Å². The predicted octanol–water partition coefficient (Wildman–Crippen LogP) is 5.13. The summed E-state index contributed by atoms with van der Waals surface area (Å²) in [6, 6.07) is 15.8. The number of nitrogens with zero attached hydrogens (tertiary/aromatic N) is 2. The van der Waals surface area contributed by atoms with Crippen molar-refractivity contribution < 1.29 is 19.1 Å². The Labute approximate surface area is 171 Å². The van der Waals surface area contributed by atoms with Gasteiger partial charge in [-0.2, -0.15) is 0 Å². The lowest BCUT2D eigenvalue weighted by atomic mass is 9.97. The van der Waals surface area contributed by atoms with E-state index in [-0.39, 0.29) is 5.92 Å². The number of carbonyl (C=O) groups is 1. The van der Waals surface area contributed by atoms with Gasteiger partial charge in [-0.05, 0) is 56.3 Å². The highest BCUT2D eigenvalue weighted by Crippen LogP contribution is 2.33. The molecule has 0 atom stereocenters. The average molecular weight is 408 g/mol. The second-order valence-electron chi connectivity index (χ2n) is 7.35. The zero-order chi connectivity index (χ0) is 19.8. The van der Waals surface area contributed by atoms with Crippen LogP contribution in [0.2, 0.25) is 0 Å². The molecule has 2 aromatic carbocycles. The molecule has 148 valence electrons. The van der Waals surface area contributed by atoms with E-state index in [4.69, 9.17) is 14.3 Å². The molecule has 1 N–H and O–H groups in total. The van der Waals surface area contributed by atoms with Crippen molar-refractivity contribution in [2.75, 3.05) is 13.1 Å². The van der Waals surface area contributed by atoms with E-state index in [9.17, 15) is 4.79 Å². The van der Waals surface area contributed by atoms with E-state index in [1.165, 1.54) is 11.3 Å². The van der Waals surface area contributed by atoms with Gasteiger partial charge in [-0.3, -0.25) is 9.69 Å². The van der Waals surface area contributed by atoms with Gasteiger partial charge in [0.15, 0.2) is 0 Å². The van der Waals surface area contributed by atoms with Gasteiger partial charge in [0, 0.05) is 11.5 Å². The Morgan fingerprint density at radius 1 is 1.21 bits per heavy atom. The Morgan fingerprint density at radius 3 is 2.83 bits per heavy atom. The largest absolute Gasteiger partial charge is 0.481 e. The molecular formula is C22H20N2O4S. The lowest BCUT2D eigenvalue weighted by molar-refractivity contribution is -0.143. The van der Waals surface area contributed by atoms with Gasteiger partial charge in [0.2, 0.25) is 0 Å². The zero-order valence-electron chi connectivity index (χ0n) is 15.7. The van der Waals surface area contributed by atoms with Crippen LogP contribution in [0.15, 0.2) is 52.9 Å². The molecule has 0 spiro atoms. The van der Waals surface area contributed by atoms with Crippen LogP contribution in [0.3, 0.4) is 0 Å². The monoisotopic (exact) mass is 408 g/mol. The molecule has 1 aliphatic rings. The van der Waals surface area contributed by atoms with E-state index in [1.54, 1.807) is 0 Å². The van der Waals surface area contributed by atoms with Gasteiger partial charge in [0.05, 0.1) is 22.7 Å². The number of piperidine rings is 1. The third-order valence-electron chi connectivity index (χ3n) is 5.34. The molecule has 0 unspecified atom stereocenters. The van der Waals surface area contributed by atoms with E-state index in [2.05, 4.69) is 9.88 Å². The van der Waals surface area contributed by atoms with Crippen LogP contribution in [0.4, 0.5) is 0 Å². The summed E-state index contributed by atoms with van der Waals surface area (Å²) >= 11 is 1.52. The van der Waals surface area contributed by atoms with Crippen molar-refractivity contribution in [3.8, 4) is 10.9 Å². The second-order valence-corrected chi connectivity index (χ2v) is 8.34. The molecule has 4 aromatic rings. The Morgan fingerprint density at radius 2 is 2.03 bits per heavy atom. The van der Waals surface area contributed by atoms with Crippen LogP contribution in [0.25, 0.3) is 21.2 Å². The van der Waals surface area contributed by atoms with Gasteiger partial charge in [-0.1, -0.05) is 23.5 Å². The first kappa shape index (κ1) is 18.1. The van der Waals surface area contributed by atoms with E-state index in [0.717, 1.165) is 40.0 Å². The van der Waals surface area contributed by atoms with Crippen LogP contribution in [-0.4, -0.2) is 34.0 Å². The second kappa shape index (κ2) is 7.50. The number of carboxylic acids is 1. The number of aromatic nitrogens is 1. The van der Waals surface area contributed by atoms with Gasteiger partial charge < -0.3 is 14.3 Å². The fourth-order valence-electron chi connectivity index (χ4n) is 3.76. The summed E-state index contributed by atoms with van der Waals surface area (Å²) in [5.41, 5.74) is 1.71. The number of ether oxygens (including phenoxy) is 1. The molecule has 29 heavy (non-hydrogen) atoms. The van der Waals surface area contributed by atoms with Gasteiger partial charge in [-0.15, -0.1) is 0 Å². The first-order chi connectivity index (χ1) is 14.1. The molecule has 2 aromatic heterocycles. The number of thiazole rings is 1. The predicted molar refractivity (Wildman–Crippen MR) is 112 cm³/mol. The molecule has 0 saturated carbocycles. The molecule has 0 radical (unpaired) electrons. The van der Waals surface area contributed by atoms with E-state index in [1.807, 2.05) is 48.5 Å². The minimum Gasteiger partial charge on any atom is -0.481 e. The maximum atomic E-state index is 11.1. The van der Waals surface area contributed by atoms with Gasteiger partial charge in [0.25, 0.3) is 5.19 Å². The maximum Gasteiger partial charge on any atom is 0.306 e. The van der Waals surface area contributed by atoms with E-state index < -0.39 is 5.97 Å². The highest BCUT2D eigenvalue weighted by molar-refractivity contribution is 7.20. The number of furan rings is 1. The van der Waals surface area contributed by atoms with Crippen LogP contribution in [0, 0.1) is 5.92 Å². The van der Waals surface area contributed by atoms with Crippen molar-refractivity contribution in [3.05, 3.63) is 54.3 Å². The molecule has 7 heteroatoms. The SMILES string of the molecule is O=C(O)C1CCN(Cc2cc3ccc(Oc4nc5ccccc5s4)cc3o2)CC1. The van der Waals surface area contributed by atoms with Gasteiger partial charge in [0.1, 0.15) is 17.1 Å². The molecule has 6 nitrogen and oxygen atoms in total. The average Bonchev–Trinajstić information content (AvgIpc) is 3.30. The molecule has 5 rings (SSSR count). The maximum absolute atomic E-state index is 11.1. The number of fused-ring (bicyclic) bond motifs is 2. The Bertz CT molecular complexity index is 1140. The molecule has 3 heterocycles. The first-order valence-corrected chi connectivity index (χ1v) is 10.5. The van der Waals surface area contributed by atoms with E-state index in [0.29, 0.717) is 30.3 Å². The number of para-hydroxylation sites is 1. The van der Waals surface area contributed by atoms with E-state index >= 15 is 0 Å². The number of rotatable bonds is 5. The number of hydrogen-bond donors (Lipinski definition) is 1. The first-order valence-electron chi connectivity index (χ1n) is 9.65. The van der Waals surface area contributed by atoms with Crippen molar-refractivity contribution in [2.45, 2.75) is 19.4 Å². The summed E-state index contributed by atoms with van der Waals surface area (Å²) in [7, 11) is 0. The number of hydrogen-bond acceptors (Lipinski definition) is 6. The summed E-state index contributed by atoms with van der Waals surface area (Å²) < 4.78 is 13.1. The lowest BCUT2D eigenvalue weighted by Crippen LogP contribution is -2.35. The summed E-state index contributed by atoms with van der Waals surface area (Å²) in [5, 5.41) is 10.8.